The second-order valence-electron chi connectivity index (χ2n) is 8.68. The number of nitrogens with zero attached hydrogens (tertiary/aromatic N) is 6. The van der Waals surface area contributed by atoms with Gasteiger partial charge in [0.05, 0.1) is 32.8 Å². The Morgan fingerprint density at radius 1 is 1.03 bits per heavy atom. The predicted molar refractivity (Wildman–Crippen MR) is 138 cm³/mol. The normalized spacial score (nSPS) is 13.5. The van der Waals surface area contributed by atoms with Crippen molar-refractivity contribution in [3.8, 4) is 16.9 Å². The van der Waals surface area contributed by atoms with Crippen LogP contribution in [0.2, 0.25) is 0 Å². The molecule has 0 unspecified atom stereocenters. The van der Waals surface area contributed by atoms with Crippen LogP contribution in [-0.2, 0) is 7.05 Å². The van der Waals surface area contributed by atoms with E-state index in [9.17, 15) is 0 Å². The Kier molecular flexibility index (Phi) is 5.89. The number of thiazole rings is 1. The minimum Gasteiger partial charge on any atom is -0.488 e. The van der Waals surface area contributed by atoms with Crippen LogP contribution in [0.1, 0.15) is 13.8 Å². The molecule has 0 aliphatic heterocycles. The minimum absolute atomic E-state index is 0.0519. The summed E-state index contributed by atoms with van der Waals surface area (Å²) in [7, 11) is 6.02. The van der Waals surface area contributed by atoms with Crippen LogP contribution in [0.15, 0.2) is 54.6 Å². The summed E-state index contributed by atoms with van der Waals surface area (Å²) in [6.07, 6.45) is 5.37. The first-order chi connectivity index (χ1) is 16.4. The van der Waals surface area contributed by atoms with E-state index in [2.05, 4.69) is 76.4 Å². The number of ether oxygens (including phenoxy) is 1. The fourth-order valence-electron chi connectivity index (χ4n) is 3.87. The van der Waals surface area contributed by atoms with Gasteiger partial charge in [0.2, 0.25) is 0 Å². The SMILES string of the molecule is C[C@H](Oc1cc(-c2cnn(C)c2)cc2ncnc(Nc3ccc4ncsc4c3)c12)[C@H](C)N(C)C. The molecule has 2 atom stereocenters. The number of anilines is 2. The molecule has 9 heteroatoms. The van der Waals surface area contributed by atoms with Crippen LogP contribution in [0.3, 0.4) is 0 Å². The van der Waals surface area contributed by atoms with Gasteiger partial charge in [0.15, 0.2) is 0 Å². The number of rotatable bonds is 7. The molecular formula is C25H27N7OS. The lowest BCUT2D eigenvalue weighted by Gasteiger charge is -2.28. The number of fused-ring (bicyclic) bond motifs is 2. The molecule has 5 aromatic rings. The van der Waals surface area contributed by atoms with Crippen LogP contribution in [-0.4, -0.2) is 55.9 Å². The summed E-state index contributed by atoms with van der Waals surface area (Å²) in [6, 6.07) is 10.4. The predicted octanol–water partition coefficient (Wildman–Crippen LogP) is 5.10. The standard InChI is InChI=1S/C25H27N7OS/c1-15(31(3)4)16(2)33-22-9-17(18-11-29-32(5)12-18)8-21-24(22)25(27-13-26-21)30-19-6-7-20-23(10-19)34-14-28-20/h6-16H,1-5H3,(H,26,27,30)/t15-,16-/m0/s1. The Hall–Kier alpha value is -3.56. The molecule has 2 aromatic carbocycles. The van der Waals surface area contributed by atoms with E-state index in [1.807, 2.05) is 37.1 Å². The van der Waals surface area contributed by atoms with Gasteiger partial charge < -0.3 is 15.0 Å². The molecule has 0 bridgehead atoms. The van der Waals surface area contributed by atoms with Gasteiger partial charge in [0, 0.05) is 30.5 Å². The molecule has 8 nitrogen and oxygen atoms in total. The van der Waals surface area contributed by atoms with Crippen LogP contribution >= 0.6 is 11.3 Å². The number of hydrogen-bond donors (Lipinski definition) is 1. The molecule has 0 aliphatic carbocycles. The number of aryl methyl sites for hydroxylation is 1. The summed E-state index contributed by atoms with van der Waals surface area (Å²) in [5.74, 6) is 1.44. The molecule has 1 N–H and O–H groups in total. The number of benzene rings is 2. The van der Waals surface area contributed by atoms with Gasteiger partial charge in [-0.15, -0.1) is 11.3 Å². The van der Waals surface area contributed by atoms with E-state index in [1.165, 1.54) is 0 Å². The fourth-order valence-corrected chi connectivity index (χ4v) is 4.58. The molecular weight excluding hydrogens is 446 g/mol. The third kappa shape index (κ3) is 4.32. The average Bonchev–Trinajstić information content (AvgIpc) is 3.46. The third-order valence-corrected chi connectivity index (χ3v) is 6.93. The second-order valence-corrected chi connectivity index (χ2v) is 9.57. The lowest BCUT2D eigenvalue weighted by molar-refractivity contribution is 0.123. The average molecular weight is 474 g/mol. The third-order valence-electron chi connectivity index (χ3n) is 6.14. The molecule has 0 radical (unpaired) electrons. The van der Waals surface area contributed by atoms with E-state index in [-0.39, 0.29) is 12.1 Å². The first kappa shape index (κ1) is 22.2. The van der Waals surface area contributed by atoms with Crippen molar-refractivity contribution in [3.63, 3.8) is 0 Å². The number of likely N-dealkylation sites (N-methyl/N-ethyl adjacent to an activating group) is 1. The number of nitrogens with one attached hydrogen (secondary N) is 1. The highest BCUT2D eigenvalue weighted by Gasteiger charge is 2.20. The number of aromatic nitrogens is 5. The van der Waals surface area contributed by atoms with Gasteiger partial charge in [0.25, 0.3) is 0 Å². The molecule has 0 saturated heterocycles. The Morgan fingerprint density at radius 2 is 1.88 bits per heavy atom. The van der Waals surface area contributed by atoms with Gasteiger partial charge in [-0.1, -0.05) is 0 Å². The van der Waals surface area contributed by atoms with Crippen LogP contribution in [0.4, 0.5) is 11.5 Å². The zero-order chi connectivity index (χ0) is 23.8. The summed E-state index contributed by atoms with van der Waals surface area (Å²) in [4.78, 5) is 15.7. The summed E-state index contributed by atoms with van der Waals surface area (Å²) < 4.78 is 9.47. The lowest BCUT2D eigenvalue weighted by Crippen LogP contribution is -2.38. The molecule has 0 aliphatic rings. The monoisotopic (exact) mass is 473 g/mol. The van der Waals surface area contributed by atoms with Crippen LogP contribution in [0, 0.1) is 0 Å². The van der Waals surface area contributed by atoms with Gasteiger partial charge in [-0.3, -0.25) is 4.68 Å². The molecule has 174 valence electrons. The molecule has 3 aromatic heterocycles. The molecule has 0 saturated carbocycles. The largest absolute Gasteiger partial charge is 0.488 e. The van der Waals surface area contributed by atoms with Crippen molar-refractivity contribution in [3.05, 3.63) is 54.6 Å². The maximum absolute atomic E-state index is 6.56. The maximum Gasteiger partial charge on any atom is 0.145 e. The molecule has 34 heavy (non-hydrogen) atoms. The smallest absolute Gasteiger partial charge is 0.145 e. The molecule has 0 spiro atoms. The zero-order valence-electron chi connectivity index (χ0n) is 19.9. The minimum atomic E-state index is -0.0519. The van der Waals surface area contributed by atoms with Crippen molar-refractivity contribution in [2.75, 3.05) is 19.4 Å². The van der Waals surface area contributed by atoms with Gasteiger partial charge in [0.1, 0.15) is 24.0 Å². The van der Waals surface area contributed by atoms with Crippen molar-refractivity contribution in [1.82, 2.24) is 29.6 Å². The Bertz CT molecular complexity index is 1460. The summed E-state index contributed by atoms with van der Waals surface area (Å²) in [5.41, 5.74) is 6.58. The molecule has 0 fully saturated rings. The quantitative estimate of drug-likeness (QED) is 0.352. The second kappa shape index (κ2) is 9.00. The molecule has 5 rings (SSSR count). The Labute approximate surface area is 202 Å². The summed E-state index contributed by atoms with van der Waals surface area (Å²) in [6.45, 7) is 4.24. The van der Waals surface area contributed by atoms with Crippen LogP contribution in [0.25, 0.3) is 32.2 Å². The van der Waals surface area contributed by atoms with E-state index in [1.54, 1.807) is 22.3 Å². The van der Waals surface area contributed by atoms with Gasteiger partial charge in [-0.25, -0.2) is 15.0 Å². The van der Waals surface area contributed by atoms with E-state index in [0.717, 1.165) is 43.7 Å². The van der Waals surface area contributed by atoms with Crippen molar-refractivity contribution >= 4 is 44.0 Å². The van der Waals surface area contributed by atoms with E-state index in [0.29, 0.717) is 5.82 Å². The van der Waals surface area contributed by atoms with Gasteiger partial charge >= 0.3 is 0 Å². The maximum atomic E-state index is 6.56. The topological polar surface area (TPSA) is 81.0 Å². The van der Waals surface area contributed by atoms with Gasteiger partial charge in [-0.05, 0) is 63.8 Å². The van der Waals surface area contributed by atoms with Gasteiger partial charge in [-0.2, -0.15) is 5.10 Å². The van der Waals surface area contributed by atoms with Crippen molar-refractivity contribution in [2.24, 2.45) is 7.05 Å². The highest BCUT2D eigenvalue weighted by Crippen LogP contribution is 2.37. The molecule has 0 amide bonds. The highest BCUT2D eigenvalue weighted by molar-refractivity contribution is 7.16. The Morgan fingerprint density at radius 3 is 2.65 bits per heavy atom. The highest BCUT2D eigenvalue weighted by atomic mass is 32.1. The zero-order valence-corrected chi connectivity index (χ0v) is 20.7. The first-order valence-electron chi connectivity index (χ1n) is 11.1. The van der Waals surface area contributed by atoms with Crippen molar-refractivity contribution in [1.29, 1.82) is 0 Å². The molecule has 3 heterocycles. The fraction of sp³-hybridized carbons (Fsp3) is 0.280. The first-order valence-corrected chi connectivity index (χ1v) is 12.0. The van der Waals surface area contributed by atoms with E-state index >= 15 is 0 Å². The van der Waals surface area contributed by atoms with E-state index in [4.69, 9.17) is 4.74 Å². The summed E-state index contributed by atoms with van der Waals surface area (Å²) >= 11 is 1.61. The number of hydrogen-bond acceptors (Lipinski definition) is 8. The van der Waals surface area contributed by atoms with E-state index < -0.39 is 0 Å². The van der Waals surface area contributed by atoms with Crippen molar-refractivity contribution in [2.45, 2.75) is 26.0 Å². The Balaban J connectivity index is 1.62. The van der Waals surface area contributed by atoms with Crippen LogP contribution in [0.5, 0.6) is 5.75 Å². The lowest BCUT2D eigenvalue weighted by atomic mass is 10.1. The summed E-state index contributed by atoms with van der Waals surface area (Å²) in [5, 5.41) is 8.65. The van der Waals surface area contributed by atoms with Crippen molar-refractivity contribution < 1.29 is 4.74 Å². The van der Waals surface area contributed by atoms with Crippen LogP contribution < -0.4 is 10.1 Å².